The molecule has 1 aliphatic carbocycles. The largest absolute Gasteiger partial charge is 0.490 e. The van der Waals surface area contributed by atoms with Crippen molar-refractivity contribution in [2.45, 2.75) is 57.7 Å². The van der Waals surface area contributed by atoms with Gasteiger partial charge in [-0.25, -0.2) is 9.86 Å². The van der Waals surface area contributed by atoms with Crippen LogP contribution in [0.4, 0.5) is 0 Å². The molecule has 1 atom stereocenters. The fourth-order valence-electron chi connectivity index (χ4n) is 5.61. The Kier molecular flexibility index (Phi) is 11.8. The Labute approximate surface area is 247 Å². The highest BCUT2D eigenvalue weighted by molar-refractivity contribution is 5.89. The van der Waals surface area contributed by atoms with E-state index in [1.165, 1.54) is 12.2 Å². The summed E-state index contributed by atoms with van der Waals surface area (Å²) in [6.45, 7) is 1.33. The smallest absolute Gasteiger partial charge is 0.337 e. The zero-order chi connectivity index (χ0) is 29.7. The number of esters is 1. The van der Waals surface area contributed by atoms with Crippen LogP contribution in [0.5, 0.6) is 5.75 Å². The first-order chi connectivity index (χ1) is 20.4. The number of hydroxylamine groups is 2. The highest BCUT2D eigenvalue weighted by Gasteiger charge is 2.29. The van der Waals surface area contributed by atoms with Gasteiger partial charge in [-0.15, -0.1) is 0 Å². The van der Waals surface area contributed by atoms with Crippen LogP contribution in [-0.2, 0) is 30.6 Å². The van der Waals surface area contributed by atoms with Crippen LogP contribution in [0, 0.1) is 11.8 Å². The monoisotopic (exact) mass is 579 g/mol. The molecule has 1 unspecified atom stereocenters. The van der Waals surface area contributed by atoms with E-state index in [4.69, 9.17) is 14.3 Å². The number of ether oxygens (including phenoxy) is 2. The molecule has 1 N–H and O–H groups in total. The van der Waals surface area contributed by atoms with E-state index < -0.39 is 11.9 Å². The molecule has 1 saturated carbocycles. The predicted molar refractivity (Wildman–Crippen MR) is 155 cm³/mol. The van der Waals surface area contributed by atoms with Gasteiger partial charge in [-0.05, 0) is 42.2 Å². The third kappa shape index (κ3) is 9.30. The quantitative estimate of drug-likeness (QED) is 0.206. The first-order valence-electron chi connectivity index (χ1n) is 14.7. The molecule has 0 bridgehead atoms. The summed E-state index contributed by atoms with van der Waals surface area (Å²) < 4.78 is 10.8. The van der Waals surface area contributed by atoms with Crippen molar-refractivity contribution in [3.8, 4) is 5.75 Å². The summed E-state index contributed by atoms with van der Waals surface area (Å²) in [6.07, 6.45) is 6.99. The molecule has 10 nitrogen and oxygen atoms in total. The second kappa shape index (κ2) is 15.9. The lowest BCUT2D eigenvalue weighted by molar-refractivity contribution is -0.182. The summed E-state index contributed by atoms with van der Waals surface area (Å²) in [5.74, 6) is -0.162. The molecule has 1 aliphatic heterocycles. The van der Waals surface area contributed by atoms with Crippen molar-refractivity contribution in [1.29, 1.82) is 0 Å². The van der Waals surface area contributed by atoms with E-state index in [9.17, 15) is 19.2 Å². The minimum Gasteiger partial charge on any atom is -0.490 e. The van der Waals surface area contributed by atoms with Gasteiger partial charge in [0.15, 0.2) is 0 Å². The van der Waals surface area contributed by atoms with Crippen LogP contribution in [-0.4, -0.2) is 73.5 Å². The van der Waals surface area contributed by atoms with E-state index >= 15 is 0 Å². The van der Waals surface area contributed by atoms with Gasteiger partial charge in [0.25, 0.3) is 0 Å². The number of hydrogen-bond donors (Lipinski definition) is 1. The molecular weight excluding hydrogens is 538 g/mol. The maximum atomic E-state index is 13.3. The normalized spacial score (nSPS) is 16.5. The Balaban J connectivity index is 1.23. The minimum absolute atomic E-state index is 0.0476. The van der Waals surface area contributed by atoms with E-state index in [1.807, 2.05) is 30.3 Å². The van der Waals surface area contributed by atoms with Crippen LogP contribution >= 0.6 is 0 Å². The van der Waals surface area contributed by atoms with E-state index in [0.29, 0.717) is 56.0 Å². The molecule has 226 valence electrons. The van der Waals surface area contributed by atoms with Crippen molar-refractivity contribution in [3.05, 3.63) is 65.7 Å². The fourth-order valence-corrected chi connectivity index (χ4v) is 5.61. The third-order valence-electron chi connectivity index (χ3n) is 8.01. The van der Waals surface area contributed by atoms with E-state index in [0.717, 1.165) is 31.2 Å². The van der Waals surface area contributed by atoms with E-state index in [1.54, 1.807) is 29.2 Å². The fraction of sp³-hybridized carbons (Fsp3) is 0.500. The van der Waals surface area contributed by atoms with Gasteiger partial charge in [0.05, 0.1) is 31.7 Å². The average molecular weight is 580 g/mol. The number of likely N-dealkylation sites (tertiary alicyclic amines) is 1. The SMILES string of the molecule is COC(=O)c1ccc(OC2CCN(C(=O)CNC(=O)C(CC3CCCC3)CN(C=O)OCc3ccccc3)CC2)cc1. The summed E-state index contributed by atoms with van der Waals surface area (Å²) in [7, 11) is 1.34. The topological polar surface area (TPSA) is 114 Å². The van der Waals surface area contributed by atoms with Crippen molar-refractivity contribution in [1.82, 2.24) is 15.3 Å². The molecule has 42 heavy (non-hydrogen) atoms. The second-order valence-corrected chi connectivity index (χ2v) is 11.0. The van der Waals surface area contributed by atoms with Crippen LogP contribution in [0.3, 0.4) is 0 Å². The Morgan fingerprint density at radius 2 is 1.69 bits per heavy atom. The van der Waals surface area contributed by atoms with Crippen LogP contribution < -0.4 is 10.1 Å². The number of nitrogens with zero attached hydrogens (tertiary/aromatic N) is 2. The summed E-state index contributed by atoms with van der Waals surface area (Å²) in [6, 6.07) is 16.3. The lowest BCUT2D eigenvalue weighted by Gasteiger charge is -2.32. The summed E-state index contributed by atoms with van der Waals surface area (Å²) in [4.78, 5) is 57.0. The number of methoxy groups -OCH3 is 1. The Bertz CT molecular complexity index is 1160. The maximum absolute atomic E-state index is 13.3. The van der Waals surface area contributed by atoms with Gasteiger partial charge in [-0.3, -0.25) is 19.2 Å². The molecular formula is C32H41N3O7. The van der Waals surface area contributed by atoms with Crippen molar-refractivity contribution >= 4 is 24.2 Å². The van der Waals surface area contributed by atoms with Gasteiger partial charge in [0, 0.05) is 25.9 Å². The number of amides is 3. The molecule has 2 aromatic carbocycles. The van der Waals surface area contributed by atoms with Crippen molar-refractivity contribution in [2.75, 3.05) is 33.3 Å². The van der Waals surface area contributed by atoms with Gasteiger partial charge in [-0.2, -0.15) is 0 Å². The van der Waals surface area contributed by atoms with Gasteiger partial charge < -0.3 is 19.7 Å². The van der Waals surface area contributed by atoms with E-state index in [2.05, 4.69) is 5.32 Å². The number of piperidine rings is 1. The number of nitrogens with one attached hydrogen (secondary N) is 1. The predicted octanol–water partition coefficient (Wildman–Crippen LogP) is 3.75. The molecule has 1 heterocycles. The van der Waals surface area contributed by atoms with Crippen molar-refractivity contribution < 1.29 is 33.5 Å². The first kappa shape index (κ1) is 31.0. The van der Waals surface area contributed by atoms with Crippen molar-refractivity contribution in [2.24, 2.45) is 11.8 Å². The van der Waals surface area contributed by atoms with E-state index in [-0.39, 0.29) is 37.6 Å². The molecule has 2 aromatic rings. The highest BCUT2D eigenvalue weighted by atomic mass is 16.7. The first-order valence-corrected chi connectivity index (χ1v) is 14.7. The molecule has 4 rings (SSSR count). The zero-order valence-electron chi connectivity index (χ0n) is 24.2. The maximum Gasteiger partial charge on any atom is 0.337 e. The number of benzene rings is 2. The zero-order valence-corrected chi connectivity index (χ0v) is 24.2. The van der Waals surface area contributed by atoms with Crippen molar-refractivity contribution in [3.63, 3.8) is 0 Å². The Morgan fingerprint density at radius 1 is 1.00 bits per heavy atom. The number of rotatable bonds is 14. The molecule has 10 heteroatoms. The van der Waals surface area contributed by atoms with Crippen LogP contribution in [0.25, 0.3) is 0 Å². The minimum atomic E-state index is -0.466. The summed E-state index contributed by atoms with van der Waals surface area (Å²) in [5.41, 5.74) is 1.38. The lowest BCUT2D eigenvalue weighted by atomic mass is 9.92. The van der Waals surface area contributed by atoms with Gasteiger partial charge >= 0.3 is 5.97 Å². The van der Waals surface area contributed by atoms with Crippen LogP contribution in [0.2, 0.25) is 0 Å². The number of hydrogen-bond acceptors (Lipinski definition) is 7. The molecule has 2 aliphatic rings. The second-order valence-electron chi connectivity index (χ2n) is 11.0. The molecule has 0 aromatic heterocycles. The number of carbonyl (C=O) groups excluding carboxylic acids is 4. The third-order valence-corrected chi connectivity index (χ3v) is 8.01. The molecule has 2 fully saturated rings. The lowest BCUT2D eigenvalue weighted by Crippen LogP contribution is -2.47. The highest BCUT2D eigenvalue weighted by Crippen LogP contribution is 2.31. The molecule has 3 amide bonds. The van der Waals surface area contributed by atoms with Gasteiger partial charge in [0.2, 0.25) is 18.2 Å². The van der Waals surface area contributed by atoms with Gasteiger partial charge in [-0.1, -0.05) is 56.0 Å². The molecule has 0 radical (unpaired) electrons. The molecule has 1 saturated heterocycles. The van der Waals surface area contributed by atoms with Gasteiger partial charge in [0.1, 0.15) is 18.5 Å². The van der Waals surface area contributed by atoms with Crippen LogP contribution in [0.15, 0.2) is 54.6 Å². The summed E-state index contributed by atoms with van der Waals surface area (Å²) >= 11 is 0. The number of carbonyl (C=O) groups is 4. The standard InChI is InChI=1S/C32H41N3O7/c1-40-32(39)26-11-13-28(14-12-26)42-29-15-17-34(18-16-29)30(37)20-33-31(38)27(19-24-7-5-6-8-24)21-35(23-36)41-22-25-9-3-2-4-10-25/h2-4,9-14,23-24,27,29H,5-8,15-22H2,1H3,(H,33,38). The average Bonchev–Trinajstić information content (AvgIpc) is 3.55. The Hall–Kier alpha value is -3.92. The Morgan fingerprint density at radius 3 is 2.33 bits per heavy atom. The van der Waals surface area contributed by atoms with Crippen LogP contribution in [0.1, 0.15) is 60.9 Å². The summed E-state index contributed by atoms with van der Waals surface area (Å²) in [5, 5.41) is 4.03. The molecule has 0 spiro atoms.